The van der Waals surface area contributed by atoms with Gasteiger partial charge in [-0.2, -0.15) is 0 Å². The van der Waals surface area contributed by atoms with Crippen molar-refractivity contribution >= 4 is 9.84 Å². The largest absolute Gasteiger partial charge is 0.311 e. The predicted octanol–water partition coefficient (Wildman–Crippen LogP) is 0.804. The molecule has 104 valence electrons. The smallest absolute Gasteiger partial charge is 0.153 e. The van der Waals surface area contributed by atoms with Crippen molar-refractivity contribution in [2.75, 3.05) is 31.1 Å². The van der Waals surface area contributed by atoms with Crippen LogP contribution in [0.1, 0.15) is 25.7 Å². The zero-order valence-corrected chi connectivity index (χ0v) is 11.8. The fraction of sp³-hybridized carbons (Fsp3) is 0.846. The highest BCUT2D eigenvalue weighted by Crippen LogP contribution is 2.22. The Morgan fingerprint density at radius 1 is 1.22 bits per heavy atom. The summed E-state index contributed by atoms with van der Waals surface area (Å²) in [6.45, 7) is 6.63. The highest BCUT2D eigenvalue weighted by molar-refractivity contribution is 7.91. The van der Waals surface area contributed by atoms with E-state index in [0.29, 0.717) is 11.5 Å². The van der Waals surface area contributed by atoms with Crippen LogP contribution in [0.25, 0.3) is 0 Å². The van der Waals surface area contributed by atoms with Crippen LogP contribution in [0.15, 0.2) is 12.7 Å². The molecule has 0 spiro atoms. The van der Waals surface area contributed by atoms with Gasteiger partial charge in [-0.25, -0.2) is 8.42 Å². The van der Waals surface area contributed by atoms with E-state index in [0.717, 1.165) is 26.1 Å². The fourth-order valence-corrected chi connectivity index (χ4v) is 4.99. The zero-order chi connectivity index (χ0) is 13.0. The molecule has 0 saturated carbocycles. The Bertz CT molecular complexity index is 374. The maximum absolute atomic E-state index is 11.8. The number of nitrogens with one attached hydrogen (secondary N) is 1. The van der Waals surface area contributed by atoms with Crippen molar-refractivity contribution in [2.45, 2.75) is 37.8 Å². The van der Waals surface area contributed by atoms with Gasteiger partial charge < -0.3 is 5.32 Å². The van der Waals surface area contributed by atoms with Crippen molar-refractivity contribution < 1.29 is 8.42 Å². The Labute approximate surface area is 110 Å². The minimum atomic E-state index is -2.86. The molecule has 0 amide bonds. The quantitative estimate of drug-likeness (QED) is 0.594. The normalized spacial score (nSPS) is 32.4. The maximum Gasteiger partial charge on any atom is 0.153 e. The van der Waals surface area contributed by atoms with Crippen molar-refractivity contribution in [3.8, 4) is 0 Å². The molecule has 0 radical (unpaired) electrons. The molecule has 2 aliphatic rings. The van der Waals surface area contributed by atoms with Gasteiger partial charge in [-0.1, -0.05) is 12.5 Å². The minimum Gasteiger partial charge on any atom is -0.311 e. The molecule has 4 nitrogen and oxygen atoms in total. The summed E-state index contributed by atoms with van der Waals surface area (Å²) in [5, 5.41) is 3.39. The third kappa shape index (κ3) is 3.56. The lowest BCUT2D eigenvalue weighted by Gasteiger charge is -2.35. The van der Waals surface area contributed by atoms with Gasteiger partial charge in [0.15, 0.2) is 9.84 Å². The lowest BCUT2D eigenvalue weighted by atomic mass is 10.0. The first-order valence-electron chi connectivity index (χ1n) is 6.91. The van der Waals surface area contributed by atoms with E-state index in [4.69, 9.17) is 0 Å². The predicted molar refractivity (Wildman–Crippen MR) is 74.5 cm³/mol. The molecule has 2 rings (SSSR count). The molecular weight excluding hydrogens is 248 g/mol. The van der Waals surface area contributed by atoms with E-state index in [1.54, 1.807) is 0 Å². The van der Waals surface area contributed by atoms with Crippen LogP contribution in [-0.2, 0) is 9.84 Å². The Morgan fingerprint density at radius 3 is 2.61 bits per heavy atom. The highest BCUT2D eigenvalue weighted by Gasteiger charge is 2.40. The SMILES string of the molecule is C=CCCN[C@H]1CS(=O)(=O)C[C@H]1N1CCCCC1. The first-order valence-corrected chi connectivity index (χ1v) is 8.73. The molecule has 0 bridgehead atoms. The molecule has 2 fully saturated rings. The van der Waals surface area contributed by atoms with Gasteiger partial charge in [0.2, 0.25) is 0 Å². The van der Waals surface area contributed by atoms with Gasteiger partial charge in [-0.15, -0.1) is 6.58 Å². The average Bonchev–Trinajstić information content (AvgIpc) is 2.66. The molecular formula is C13H24N2O2S. The number of sulfone groups is 1. The Kier molecular flexibility index (Phi) is 4.81. The summed E-state index contributed by atoms with van der Waals surface area (Å²) in [6.07, 6.45) is 6.45. The van der Waals surface area contributed by atoms with Crippen LogP contribution < -0.4 is 5.32 Å². The van der Waals surface area contributed by atoms with Crippen LogP contribution in [0.2, 0.25) is 0 Å². The molecule has 0 aromatic heterocycles. The summed E-state index contributed by atoms with van der Waals surface area (Å²) in [6, 6.07) is 0.285. The number of hydrogen-bond acceptors (Lipinski definition) is 4. The van der Waals surface area contributed by atoms with Gasteiger partial charge >= 0.3 is 0 Å². The summed E-state index contributed by atoms with van der Waals surface area (Å²) in [4.78, 5) is 2.37. The molecule has 18 heavy (non-hydrogen) atoms. The third-order valence-corrected chi connectivity index (χ3v) is 5.65. The monoisotopic (exact) mass is 272 g/mol. The van der Waals surface area contributed by atoms with Crippen LogP contribution in [0.5, 0.6) is 0 Å². The number of likely N-dealkylation sites (tertiary alicyclic amines) is 1. The average molecular weight is 272 g/mol. The van der Waals surface area contributed by atoms with Gasteiger partial charge in [0.05, 0.1) is 11.5 Å². The number of rotatable bonds is 5. The van der Waals surface area contributed by atoms with E-state index < -0.39 is 9.84 Å². The zero-order valence-electron chi connectivity index (χ0n) is 11.0. The third-order valence-electron chi connectivity index (χ3n) is 3.94. The Balaban J connectivity index is 1.97. The maximum atomic E-state index is 11.8. The lowest BCUT2D eigenvalue weighted by Crippen LogP contribution is -2.51. The molecule has 0 aromatic carbocycles. The molecule has 0 aliphatic carbocycles. The van der Waals surface area contributed by atoms with Crippen LogP contribution in [0.3, 0.4) is 0 Å². The summed E-state index contributed by atoms with van der Waals surface area (Å²) < 4.78 is 23.7. The van der Waals surface area contributed by atoms with Gasteiger partial charge in [0, 0.05) is 12.1 Å². The highest BCUT2D eigenvalue weighted by atomic mass is 32.2. The van der Waals surface area contributed by atoms with Crippen LogP contribution >= 0.6 is 0 Å². The summed E-state index contributed by atoms with van der Waals surface area (Å²) in [5.74, 6) is 0.629. The molecule has 2 atom stereocenters. The van der Waals surface area contributed by atoms with Crippen molar-refractivity contribution in [3.05, 3.63) is 12.7 Å². The Hall–Kier alpha value is -0.390. The standard InChI is InChI=1S/C13H24N2O2S/c1-2-3-7-14-12-10-18(16,17)11-13(12)15-8-5-4-6-9-15/h2,12-14H,1,3-11H2/t12-,13+/m0/s1. The summed E-state index contributed by atoms with van der Waals surface area (Å²) >= 11 is 0. The van der Waals surface area contributed by atoms with Gasteiger partial charge in [-0.05, 0) is 38.9 Å². The summed E-state index contributed by atoms with van der Waals surface area (Å²) in [7, 11) is -2.86. The molecule has 5 heteroatoms. The van der Waals surface area contributed by atoms with Crippen LogP contribution in [0, 0.1) is 0 Å². The van der Waals surface area contributed by atoms with E-state index in [1.807, 2.05) is 6.08 Å². The van der Waals surface area contributed by atoms with E-state index in [9.17, 15) is 8.42 Å². The molecule has 1 N–H and O–H groups in total. The van der Waals surface area contributed by atoms with Crippen molar-refractivity contribution in [1.82, 2.24) is 10.2 Å². The van der Waals surface area contributed by atoms with Crippen LogP contribution in [-0.4, -0.2) is 56.5 Å². The first-order chi connectivity index (χ1) is 8.62. The van der Waals surface area contributed by atoms with Gasteiger partial charge in [-0.3, -0.25) is 4.90 Å². The first kappa shape index (κ1) is 14.0. The fourth-order valence-electron chi connectivity index (χ4n) is 3.00. The van der Waals surface area contributed by atoms with Gasteiger partial charge in [0.25, 0.3) is 0 Å². The second kappa shape index (κ2) is 6.17. The van der Waals surface area contributed by atoms with E-state index >= 15 is 0 Å². The molecule has 0 unspecified atom stereocenters. The Morgan fingerprint density at radius 2 is 1.94 bits per heavy atom. The molecule has 2 saturated heterocycles. The number of piperidine rings is 1. The van der Waals surface area contributed by atoms with E-state index in [1.165, 1.54) is 19.3 Å². The number of nitrogens with zero attached hydrogens (tertiary/aromatic N) is 1. The van der Waals surface area contributed by atoms with Crippen molar-refractivity contribution in [3.63, 3.8) is 0 Å². The molecule has 0 aromatic rings. The molecule has 2 heterocycles. The van der Waals surface area contributed by atoms with E-state index in [-0.39, 0.29) is 12.1 Å². The lowest BCUT2D eigenvalue weighted by molar-refractivity contribution is 0.155. The minimum absolute atomic E-state index is 0.105. The van der Waals surface area contributed by atoms with Crippen molar-refractivity contribution in [2.24, 2.45) is 0 Å². The van der Waals surface area contributed by atoms with Crippen molar-refractivity contribution in [1.29, 1.82) is 0 Å². The second-order valence-electron chi connectivity index (χ2n) is 5.38. The molecule has 2 aliphatic heterocycles. The summed E-state index contributed by atoms with van der Waals surface area (Å²) in [5.41, 5.74) is 0. The second-order valence-corrected chi connectivity index (χ2v) is 7.53. The topological polar surface area (TPSA) is 49.4 Å². The van der Waals surface area contributed by atoms with Crippen LogP contribution in [0.4, 0.5) is 0 Å². The van der Waals surface area contributed by atoms with E-state index in [2.05, 4.69) is 16.8 Å². The number of hydrogen-bond donors (Lipinski definition) is 1. The van der Waals surface area contributed by atoms with Gasteiger partial charge in [0.1, 0.15) is 0 Å².